The molecule has 17 heteroatoms. The Labute approximate surface area is 296 Å². The van der Waals surface area contributed by atoms with Crippen molar-refractivity contribution in [2.24, 2.45) is 30.7 Å². The molecule has 0 saturated heterocycles. The van der Waals surface area contributed by atoms with Crippen LogP contribution < -0.4 is 11.5 Å². The fourth-order valence-corrected chi connectivity index (χ4v) is 4.54. The zero-order valence-corrected chi connectivity index (χ0v) is 29.0. The number of anilines is 2. The number of carboxylic acids is 1. The standard InChI is InChI=1S/C27H24N8O6S.2Na/c1-14-11-24(21(29)13-20(14)28)35-33-22-8-9-23(26(15(22)2)42(39,40)41)34-31-17-5-3-16(4-6-17)30-32-18-7-10-25(36)19(12-18)27(37)38;;/h3-13,36H,28-29H2,1-2H3,(H,37,38)(H,39,40,41);;. The molecule has 0 saturated carbocycles. The summed E-state index contributed by atoms with van der Waals surface area (Å²) in [7, 11) is -4.72. The molecule has 0 unspecified atom stereocenters. The first-order valence-corrected chi connectivity index (χ1v) is 13.5. The maximum atomic E-state index is 12.2. The van der Waals surface area contributed by atoms with Crippen LogP contribution in [0.5, 0.6) is 5.75 Å². The number of carbonyl (C=O) groups is 1. The van der Waals surface area contributed by atoms with Crippen molar-refractivity contribution in [3.63, 3.8) is 0 Å². The molecule has 0 atom stereocenters. The number of carboxylic acid groups (broad SMARTS) is 1. The van der Waals surface area contributed by atoms with Crippen LogP contribution in [0, 0.1) is 13.8 Å². The van der Waals surface area contributed by atoms with Gasteiger partial charge < -0.3 is 21.7 Å². The number of hydrogen-bond donors (Lipinski definition) is 5. The topological polar surface area (TPSA) is 238 Å². The van der Waals surface area contributed by atoms with E-state index in [9.17, 15) is 22.9 Å². The molecular formula is C27H24N8Na2O6S. The van der Waals surface area contributed by atoms with E-state index in [4.69, 9.17) is 16.6 Å². The van der Waals surface area contributed by atoms with E-state index in [-0.39, 0.29) is 93.1 Å². The molecule has 0 bridgehead atoms. The van der Waals surface area contributed by atoms with E-state index in [2.05, 4.69) is 30.7 Å². The third-order valence-corrected chi connectivity index (χ3v) is 6.94. The van der Waals surface area contributed by atoms with Crippen molar-refractivity contribution >= 4 is 121 Å². The third kappa shape index (κ3) is 8.99. The molecule has 0 fully saturated rings. The summed E-state index contributed by atoms with van der Waals surface area (Å²) in [5.74, 6) is -1.69. The van der Waals surface area contributed by atoms with Crippen LogP contribution in [-0.2, 0) is 10.1 Å². The quantitative estimate of drug-likeness (QED) is 0.0610. The summed E-state index contributed by atoms with van der Waals surface area (Å²) < 4.78 is 34.4. The SMILES string of the molecule is Cc1cc(N=Nc2ccc(N=Nc3ccc(N=Nc4ccc(O)c(C(=O)O)c4)cc3)c(S(=O)(=O)O)c2C)c(N)cc1N.[Na].[Na]. The van der Waals surface area contributed by atoms with Gasteiger partial charge in [0.05, 0.1) is 28.4 Å². The van der Waals surface area contributed by atoms with Crippen LogP contribution in [0.4, 0.5) is 45.5 Å². The first kappa shape index (κ1) is 36.7. The van der Waals surface area contributed by atoms with Crippen molar-refractivity contribution in [3.05, 3.63) is 83.4 Å². The molecule has 4 aromatic rings. The summed E-state index contributed by atoms with van der Waals surface area (Å²) in [6.45, 7) is 3.23. The molecule has 0 aliphatic heterocycles. The number of aryl methyl sites for hydroxylation is 1. The molecule has 0 aliphatic rings. The Bertz CT molecular complexity index is 1900. The fraction of sp³-hybridized carbons (Fsp3) is 0.0741. The Balaban J connectivity index is 0.00000337. The van der Waals surface area contributed by atoms with Crippen LogP contribution in [0.3, 0.4) is 0 Å². The summed E-state index contributed by atoms with van der Waals surface area (Å²) in [6.07, 6.45) is 0. The number of aromatic carboxylic acids is 1. The van der Waals surface area contributed by atoms with Gasteiger partial charge in [0.25, 0.3) is 10.1 Å². The molecule has 44 heavy (non-hydrogen) atoms. The van der Waals surface area contributed by atoms with Crippen molar-refractivity contribution in [2.45, 2.75) is 18.7 Å². The van der Waals surface area contributed by atoms with Crippen LogP contribution in [0.15, 0.2) is 102 Å². The normalized spacial score (nSPS) is 11.5. The average molecular weight is 635 g/mol. The summed E-state index contributed by atoms with van der Waals surface area (Å²) in [6, 6.07) is 16.0. The second kappa shape index (κ2) is 15.5. The minimum atomic E-state index is -4.72. The van der Waals surface area contributed by atoms with E-state index < -0.39 is 21.0 Å². The maximum absolute atomic E-state index is 12.2. The predicted octanol–water partition coefficient (Wildman–Crippen LogP) is 6.60. The first-order chi connectivity index (χ1) is 19.8. The summed E-state index contributed by atoms with van der Waals surface area (Å²) >= 11 is 0. The molecule has 0 spiro atoms. The summed E-state index contributed by atoms with van der Waals surface area (Å²) in [5.41, 5.74) is 14.4. The van der Waals surface area contributed by atoms with E-state index in [0.29, 0.717) is 28.4 Å². The Hall–Kier alpha value is -3.54. The molecule has 0 aromatic heterocycles. The largest absolute Gasteiger partial charge is 0.507 e. The number of hydrogen-bond acceptors (Lipinski definition) is 12. The van der Waals surface area contributed by atoms with Gasteiger partial charge in [-0.3, -0.25) is 4.55 Å². The van der Waals surface area contributed by atoms with E-state index in [1.54, 1.807) is 43.3 Å². The Morgan fingerprint density at radius 3 is 1.77 bits per heavy atom. The van der Waals surface area contributed by atoms with Crippen molar-refractivity contribution in [2.75, 3.05) is 11.5 Å². The number of aromatic hydroxyl groups is 1. The minimum absolute atomic E-state index is 0. The molecule has 4 aromatic carbocycles. The number of rotatable bonds is 8. The van der Waals surface area contributed by atoms with E-state index >= 15 is 0 Å². The monoisotopic (exact) mass is 634 g/mol. The molecule has 7 N–H and O–H groups in total. The fourth-order valence-electron chi connectivity index (χ4n) is 3.67. The van der Waals surface area contributed by atoms with E-state index in [0.717, 1.165) is 5.56 Å². The molecular weight excluding hydrogens is 610 g/mol. The van der Waals surface area contributed by atoms with Gasteiger partial charge in [-0.25, -0.2) is 4.79 Å². The minimum Gasteiger partial charge on any atom is -0.507 e. The molecule has 0 aliphatic carbocycles. The summed E-state index contributed by atoms with van der Waals surface area (Å²) in [4.78, 5) is 10.7. The number of nitrogens with two attached hydrogens (primary N) is 2. The van der Waals surface area contributed by atoms with Crippen molar-refractivity contribution < 1.29 is 28.0 Å². The summed E-state index contributed by atoms with van der Waals surface area (Å²) in [5, 5.41) is 42.9. The predicted molar refractivity (Wildman–Crippen MR) is 167 cm³/mol. The molecule has 0 amide bonds. The van der Waals surface area contributed by atoms with Gasteiger partial charge in [-0.05, 0) is 91.7 Å². The maximum Gasteiger partial charge on any atom is 0.339 e. The first-order valence-electron chi connectivity index (χ1n) is 12.0. The van der Waals surface area contributed by atoms with Crippen molar-refractivity contribution in [1.29, 1.82) is 0 Å². The van der Waals surface area contributed by atoms with E-state index in [1.165, 1.54) is 37.3 Å². The molecule has 216 valence electrons. The van der Waals surface area contributed by atoms with Gasteiger partial charge in [-0.2, -0.15) is 28.9 Å². The zero-order valence-electron chi connectivity index (χ0n) is 24.2. The van der Waals surface area contributed by atoms with Crippen LogP contribution in [0.25, 0.3) is 0 Å². The molecule has 0 heterocycles. The second-order valence-corrected chi connectivity index (χ2v) is 10.3. The number of nitrogen functional groups attached to an aromatic ring is 2. The van der Waals surface area contributed by atoms with Gasteiger partial charge in [0, 0.05) is 64.8 Å². The Kier molecular flexibility index (Phi) is 12.9. The van der Waals surface area contributed by atoms with Crippen LogP contribution in [-0.4, -0.2) is 88.3 Å². The Morgan fingerprint density at radius 2 is 1.18 bits per heavy atom. The van der Waals surface area contributed by atoms with Crippen molar-refractivity contribution in [3.8, 4) is 5.75 Å². The van der Waals surface area contributed by atoms with Crippen LogP contribution in [0.2, 0.25) is 0 Å². The van der Waals surface area contributed by atoms with Crippen molar-refractivity contribution in [1.82, 2.24) is 0 Å². The third-order valence-electron chi connectivity index (χ3n) is 5.91. The number of phenols is 1. The van der Waals surface area contributed by atoms with Crippen LogP contribution in [0.1, 0.15) is 21.5 Å². The second-order valence-electron chi connectivity index (χ2n) is 8.92. The zero-order chi connectivity index (χ0) is 30.6. The van der Waals surface area contributed by atoms with Gasteiger partial charge >= 0.3 is 5.97 Å². The van der Waals surface area contributed by atoms with Gasteiger partial charge in [-0.15, -0.1) is 10.2 Å². The van der Waals surface area contributed by atoms with Gasteiger partial charge in [0.15, 0.2) is 0 Å². The molecule has 4 rings (SSSR count). The molecule has 14 nitrogen and oxygen atoms in total. The van der Waals surface area contributed by atoms with Gasteiger partial charge in [-0.1, -0.05) is 0 Å². The number of nitrogens with zero attached hydrogens (tertiary/aromatic N) is 6. The average Bonchev–Trinajstić information content (AvgIpc) is 2.93. The molecule has 2 radical (unpaired) electrons. The smallest absolute Gasteiger partial charge is 0.339 e. The van der Waals surface area contributed by atoms with Crippen LogP contribution >= 0.6 is 0 Å². The van der Waals surface area contributed by atoms with Gasteiger partial charge in [0.1, 0.15) is 27.6 Å². The Morgan fingerprint density at radius 1 is 0.682 bits per heavy atom. The van der Waals surface area contributed by atoms with E-state index in [1.807, 2.05) is 0 Å². The number of azo groups is 3. The number of benzene rings is 4. The van der Waals surface area contributed by atoms with Gasteiger partial charge in [0.2, 0.25) is 0 Å².